The predicted octanol–water partition coefficient (Wildman–Crippen LogP) is 2.45. The van der Waals surface area contributed by atoms with Gasteiger partial charge in [0, 0.05) is 5.02 Å². The van der Waals surface area contributed by atoms with Crippen molar-refractivity contribution in [2.75, 3.05) is 6.54 Å². The maximum absolute atomic E-state index is 12.6. The molecule has 1 fully saturated rings. The molecule has 23 heavy (non-hydrogen) atoms. The molecule has 0 unspecified atom stereocenters. The molecule has 0 aliphatic carbocycles. The summed E-state index contributed by atoms with van der Waals surface area (Å²) in [5, 5.41) is 3.15. The molecule has 3 amide bonds. The number of carbonyl (C=O) groups is 3. The van der Waals surface area contributed by atoms with Crippen LogP contribution in [0, 0.1) is 0 Å². The lowest BCUT2D eigenvalue weighted by Crippen LogP contribution is -2.42. The van der Waals surface area contributed by atoms with Crippen molar-refractivity contribution in [3.63, 3.8) is 0 Å². The number of nitrogens with one attached hydrogen (secondary N) is 1. The number of imide groups is 1. The Morgan fingerprint density at radius 2 is 1.83 bits per heavy atom. The molecule has 1 aliphatic heterocycles. The van der Waals surface area contributed by atoms with Gasteiger partial charge in [-0.25, -0.2) is 4.79 Å². The number of ether oxygens (including phenoxy) is 1. The van der Waals surface area contributed by atoms with E-state index in [0.29, 0.717) is 10.6 Å². The SMILES string of the molecule is CC(C)(C)OC(=O)CN1C(=O)N[C@](C)(c2ccc(Cl)cc2)C1=O. The zero-order chi connectivity index (χ0) is 17.4. The number of hydrogen-bond acceptors (Lipinski definition) is 4. The Labute approximate surface area is 139 Å². The first kappa shape index (κ1) is 17.3. The summed E-state index contributed by atoms with van der Waals surface area (Å²) in [7, 11) is 0. The van der Waals surface area contributed by atoms with Gasteiger partial charge in [0.25, 0.3) is 5.91 Å². The van der Waals surface area contributed by atoms with Crippen LogP contribution in [0.3, 0.4) is 0 Å². The van der Waals surface area contributed by atoms with Crippen molar-refractivity contribution in [2.45, 2.75) is 38.8 Å². The van der Waals surface area contributed by atoms with Gasteiger partial charge in [0.1, 0.15) is 17.7 Å². The smallest absolute Gasteiger partial charge is 0.326 e. The third-order valence-electron chi connectivity index (χ3n) is 3.40. The van der Waals surface area contributed by atoms with Crippen LogP contribution >= 0.6 is 11.6 Å². The largest absolute Gasteiger partial charge is 0.459 e. The minimum atomic E-state index is -1.23. The molecule has 7 heteroatoms. The summed E-state index contributed by atoms with van der Waals surface area (Å²) < 4.78 is 5.16. The van der Waals surface area contributed by atoms with Gasteiger partial charge in [-0.05, 0) is 45.4 Å². The van der Waals surface area contributed by atoms with Crippen molar-refractivity contribution < 1.29 is 19.1 Å². The van der Waals surface area contributed by atoms with Crippen LogP contribution < -0.4 is 5.32 Å². The fourth-order valence-corrected chi connectivity index (χ4v) is 2.45. The number of rotatable bonds is 3. The molecule has 1 heterocycles. The van der Waals surface area contributed by atoms with Crippen molar-refractivity contribution >= 4 is 29.5 Å². The Kier molecular flexibility index (Phi) is 4.39. The highest BCUT2D eigenvalue weighted by Gasteiger charge is 2.49. The number of amides is 3. The van der Waals surface area contributed by atoms with Gasteiger partial charge in [-0.3, -0.25) is 14.5 Å². The molecule has 124 valence electrons. The first-order valence-electron chi connectivity index (χ1n) is 7.15. The second kappa shape index (κ2) is 5.85. The molecule has 0 spiro atoms. The number of carbonyl (C=O) groups excluding carboxylic acids is 3. The highest BCUT2D eigenvalue weighted by Crippen LogP contribution is 2.29. The van der Waals surface area contributed by atoms with Gasteiger partial charge in [0.05, 0.1) is 0 Å². The van der Waals surface area contributed by atoms with E-state index in [1.54, 1.807) is 52.0 Å². The number of benzene rings is 1. The lowest BCUT2D eigenvalue weighted by Gasteiger charge is -2.23. The van der Waals surface area contributed by atoms with Crippen LogP contribution in [0.15, 0.2) is 24.3 Å². The normalized spacial score (nSPS) is 21.3. The third-order valence-corrected chi connectivity index (χ3v) is 3.66. The van der Waals surface area contributed by atoms with Crippen molar-refractivity contribution in [1.29, 1.82) is 0 Å². The number of nitrogens with zero attached hydrogens (tertiary/aromatic N) is 1. The number of halogens is 1. The van der Waals surface area contributed by atoms with E-state index in [0.717, 1.165) is 4.90 Å². The molecule has 1 atom stereocenters. The van der Waals surface area contributed by atoms with Crippen LogP contribution in [-0.4, -0.2) is 35.0 Å². The summed E-state index contributed by atoms with van der Waals surface area (Å²) in [6.07, 6.45) is 0. The molecule has 1 aliphatic rings. The fraction of sp³-hybridized carbons (Fsp3) is 0.438. The Morgan fingerprint density at radius 1 is 1.26 bits per heavy atom. The lowest BCUT2D eigenvalue weighted by atomic mass is 9.92. The molecule has 0 saturated carbocycles. The number of urea groups is 1. The Bertz CT molecular complexity index is 651. The van der Waals surface area contributed by atoms with E-state index in [1.807, 2.05) is 0 Å². The zero-order valence-electron chi connectivity index (χ0n) is 13.5. The zero-order valence-corrected chi connectivity index (χ0v) is 14.2. The van der Waals surface area contributed by atoms with Gasteiger partial charge < -0.3 is 10.1 Å². The number of hydrogen-bond donors (Lipinski definition) is 1. The van der Waals surface area contributed by atoms with Crippen LogP contribution in [0.4, 0.5) is 4.79 Å². The van der Waals surface area contributed by atoms with Gasteiger partial charge in [-0.15, -0.1) is 0 Å². The maximum Gasteiger partial charge on any atom is 0.326 e. The van der Waals surface area contributed by atoms with E-state index in [2.05, 4.69) is 5.32 Å². The van der Waals surface area contributed by atoms with Crippen molar-refractivity contribution in [3.8, 4) is 0 Å². The second-order valence-electron chi connectivity index (χ2n) is 6.54. The first-order valence-corrected chi connectivity index (χ1v) is 7.53. The predicted molar refractivity (Wildman–Crippen MR) is 84.9 cm³/mol. The van der Waals surface area contributed by atoms with E-state index in [9.17, 15) is 14.4 Å². The van der Waals surface area contributed by atoms with Crippen LogP contribution in [0.1, 0.15) is 33.3 Å². The Morgan fingerprint density at radius 3 is 2.35 bits per heavy atom. The lowest BCUT2D eigenvalue weighted by molar-refractivity contribution is -0.157. The van der Waals surface area contributed by atoms with Gasteiger partial charge >= 0.3 is 12.0 Å². The molecular weight excluding hydrogens is 320 g/mol. The minimum absolute atomic E-state index is 0.425. The first-order chi connectivity index (χ1) is 10.5. The second-order valence-corrected chi connectivity index (χ2v) is 6.98. The molecule has 1 aromatic carbocycles. The molecule has 1 aromatic rings. The highest BCUT2D eigenvalue weighted by atomic mass is 35.5. The van der Waals surface area contributed by atoms with E-state index in [-0.39, 0.29) is 0 Å². The summed E-state index contributed by atoms with van der Waals surface area (Å²) in [5.74, 6) is -1.14. The van der Waals surface area contributed by atoms with Gasteiger partial charge in [0.2, 0.25) is 0 Å². The van der Waals surface area contributed by atoms with Crippen LogP contribution in [0.25, 0.3) is 0 Å². The van der Waals surface area contributed by atoms with Gasteiger partial charge in [0.15, 0.2) is 0 Å². The van der Waals surface area contributed by atoms with E-state index >= 15 is 0 Å². The molecule has 1 saturated heterocycles. The summed E-state index contributed by atoms with van der Waals surface area (Å²) in [5.41, 5.74) is -1.33. The molecule has 0 aromatic heterocycles. The molecule has 0 radical (unpaired) electrons. The molecular formula is C16H19ClN2O4. The summed E-state index contributed by atoms with van der Waals surface area (Å²) in [6.45, 7) is 6.31. The van der Waals surface area contributed by atoms with Crippen LogP contribution in [0.2, 0.25) is 5.02 Å². The minimum Gasteiger partial charge on any atom is -0.459 e. The van der Waals surface area contributed by atoms with Gasteiger partial charge in [-0.1, -0.05) is 23.7 Å². The van der Waals surface area contributed by atoms with Crippen molar-refractivity contribution in [3.05, 3.63) is 34.9 Å². The molecule has 2 rings (SSSR count). The Balaban J connectivity index is 2.19. The summed E-state index contributed by atoms with van der Waals surface area (Å²) in [6, 6.07) is 5.98. The molecule has 0 bridgehead atoms. The van der Waals surface area contributed by atoms with Crippen LogP contribution in [-0.2, 0) is 19.9 Å². The third kappa shape index (κ3) is 3.64. The standard InChI is InChI=1S/C16H19ClN2O4/c1-15(2,3)23-12(20)9-19-13(21)16(4,18-14(19)22)10-5-7-11(17)8-6-10/h5-8H,9H2,1-4H3,(H,18,22)/t16-/m1/s1. The highest BCUT2D eigenvalue weighted by molar-refractivity contribution is 6.30. The van der Waals surface area contributed by atoms with Crippen molar-refractivity contribution in [2.24, 2.45) is 0 Å². The Hall–Kier alpha value is -2.08. The summed E-state index contributed by atoms with van der Waals surface area (Å²) >= 11 is 5.84. The summed E-state index contributed by atoms with van der Waals surface area (Å²) in [4.78, 5) is 37.5. The monoisotopic (exact) mass is 338 g/mol. The quantitative estimate of drug-likeness (QED) is 0.678. The maximum atomic E-state index is 12.6. The van der Waals surface area contributed by atoms with Crippen molar-refractivity contribution in [1.82, 2.24) is 10.2 Å². The fourth-order valence-electron chi connectivity index (χ4n) is 2.32. The van der Waals surface area contributed by atoms with E-state index in [4.69, 9.17) is 16.3 Å². The van der Waals surface area contributed by atoms with Gasteiger partial charge in [-0.2, -0.15) is 0 Å². The molecule has 1 N–H and O–H groups in total. The average Bonchev–Trinajstić information content (AvgIpc) is 2.62. The van der Waals surface area contributed by atoms with Crippen LogP contribution in [0.5, 0.6) is 0 Å². The molecule has 6 nitrogen and oxygen atoms in total. The number of esters is 1. The average molecular weight is 339 g/mol. The topological polar surface area (TPSA) is 75.7 Å². The van der Waals surface area contributed by atoms with E-state index < -0.39 is 35.6 Å². The van der Waals surface area contributed by atoms with E-state index in [1.165, 1.54) is 0 Å².